The Labute approximate surface area is 119 Å². The number of methoxy groups -OCH3 is 1. The van der Waals surface area contributed by atoms with E-state index in [1.165, 1.54) is 5.56 Å². The van der Waals surface area contributed by atoms with Crippen molar-refractivity contribution in [3.63, 3.8) is 0 Å². The first kappa shape index (κ1) is 16.2. The van der Waals surface area contributed by atoms with Gasteiger partial charge in [-0.25, -0.2) is 0 Å². The second kappa shape index (κ2) is 8.33. The molecule has 0 aromatic heterocycles. The first-order chi connectivity index (χ1) is 9.06. The van der Waals surface area contributed by atoms with E-state index in [0.717, 1.165) is 18.0 Å². The van der Waals surface area contributed by atoms with E-state index in [4.69, 9.17) is 4.74 Å². The quantitative estimate of drug-likeness (QED) is 0.797. The zero-order valence-electron chi connectivity index (χ0n) is 12.3. The summed E-state index contributed by atoms with van der Waals surface area (Å²) in [6, 6.07) is 8.13. The van der Waals surface area contributed by atoms with Gasteiger partial charge in [0.25, 0.3) is 0 Å². The highest BCUT2D eigenvalue weighted by Gasteiger charge is 2.15. The number of hydrogen-bond donors (Lipinski definition) is 1. The molecular weight excluding hydrogens is 258 g/mol. The van der Waals surface area contributed by atoms with Crippen LogP contribution in [0.15, 0.2) is 24.3 Å². The van der Waals surface area contributed by atoms with E-state index in [1.807, 2.05) is 24.3 Å². The summed E-state index contributed by atoms with van der Waals surface area (Å²) in [5, 5.41) is 3.41. The molecule has 1 aromatic rings. The molecule has 0 amide bonds. The van der Waals surface area contributed by atoms with Crippen LogP contribution in [0.2, 0.25) is 0 Å². The van der Waals surface area contributed by atoms with E-state index in [9.17, 15) is 4.21 Å². The molecule has 0 fully saturated rings. The van der Waals surface area contributed by atoms with Gasteiger partial charge < -0.3 is 10.1 Å². The smallest absolute Gasteiger partial charge is 0.118 e. The second-order valence-electron chi connectivity index (χ2n) is 5.05. The molecule has 0 spiro atoms. The Bertz CT molecular complexity index is 390. The largest absolute Gasteiger partial charge is 0.497 e. The summed E-state index contributed by atoms with van der Waals surface area (Å²) >= 11 is 0. The van der Waals surface area contributed by atoms with Crippen LogP contribution < -0.4 is 10.1 Å². The Morgan fingerprint density at radius 3 is 2.32 bits per heavy atom. The number of benzene rings is 1. The van der Waals surface area contributed by atoms with Crippen LogP contribution in [0.1, 0.15) is 32.4 Å². The minimum absolute atomic E-state index is 0.149. The lowest BCUT2D eigenvalue weighted by atomic mass is 10.1. The molecule has 3 nitrogen and oxygen atoms in total. The lowest BCUT2D eigenvalue weighted by molar-refractivity contribution is 0.414. The summed E-state index contributed by atoms with van der Waals surface area (Å²) in [7, 11) is 0.878. The molecule has 0 radical (unpaired) electrons. The number of nitrogens with one attached hydrogen (secondary N) is 1. The summed E-state index contributed by atoms with van der Waals surface area (Å²) in [5.41, 5.74) is 1.17. The van der Waals surface area contributed by atoms with Crippen LogP contribution >= 0.6 is 0 Å². The van der Waals surface area contributed by atoms with Crippen molar-refractivity contribution in [3.8, 4) is 5.75 Å². The highest BCUT2D eigenvalue weighted by atomic mass is 32.2. The van der Waals surface area contributed by atoms with Crippen LogP contribution in [-0.4, -0.2) is 29.4 Å². The predicted molar refractivity (Wildman–Crippen MR) is 82.1 cm³/mol. The molecule has 108 valence electrons. The Morgan fingerprint density at radius 1 is 1.21 bits per heavy atom. The van der Waals surface area contributed by atoms with Crippen LogP contribution in [0.4, 0.5) is 0 Å². The third kappa shape index (κ3) is 5.74. The van der Waals surface area contributed by atoms with Crippen molar-refractivity contribution in [1.29, 1.82) is 0 Å². The maximum atomic E-state index is 12.1. The monoisotopic (exact) mass is 283 g/mol. The molecule has 0 aliphatic rings. The average molecular weight is 283 g/mol. The normalized spacial score (nSPS) is 14.4. The highest BCUT2D eigenvalue weighted by molar-refractivity contribution is 7.85. The fourth-order valence-corrected chi connectivity index (χ4v) is 3.54. The molecule has 2 unspecified atom stereocenters. The van der Waals surface area contributed by atoms with Crippen molar-refractivity contribution in [2.75, 3.05) is 25.2 Å². The van der Waals surface area contributed by atoms with Gasteiger partial charge in [-0.1, -0.05) is 32.9 Å². The van der Waals surface area contributed by atoms with Crippen LogP contribution in [0.25, 0.3) is 0 Å². The van der Waals surface area contributed by atoms with Gasteiger partial charge in [0.2, 0.25) is 0 Å². The van der Waals surface area contributed by atoms with Gasteiger partial charge in [-0.2, -0.15) is 0 Å². The molecule has 0 aliphatic heterocycles. The molecule has 0 heterocycles. The summed E-state index contributed by atoms with van der Waals surface area (Å²) < 4.78 is 17.2. The van der Waals surface area contributed by atoms with Crippen molar-refractivity contribution < 1.29 is 8.95 Å². The molecule has 0 bridgehead atoms. The van der Waals surface area contributed by atoms with Gasteiger partial charge in [0.05, 0.1) is 7.11 Å². The van der Waals surface area contributed by atoms with E-state index >= 15 is 0 Å². The molecule has 2 atom stereocenters. The maximum absolute atomic E-state index is 12.1. The van der Waals surface area contributed by atoms with Crippen molar-refractivity contribution in [2.45, 2.75) is 26.8 Å². The summed E-state index contributed by atoms with van der Waals surface area (Å²) in [5.74, 6) is 2.75. The molecule has 0 aliphatic carbocycles. The van der Waals surface area contributed by atoms with Crippen LogP contribution in [-0.2, 0) is 10.8 Å². The van der Waals surface area contributed by atoms with Gasteiger partial charge in [-0.15, -0.1) is 0 Å². The SMILES string of the molecule is CCNC(CS(=O)CC(C)C)c1ccc(OC)cc1. The molecule has 4 heteroatoms. The first-order valence-corrected chi connectivity index (χ1v) is 8.27. The first-order valence-electron chi connectivity index (χ1n) is 6.79. The van der Waals surface area contributed by atoms with Crippen LogP contribution in [0.3, 0.4) is 0 Å². The fourth-order valence-electron chi connectivity index (χ4n) is 1.98. The zero-order valence-corrected chi connectivity index (χ0v) is 13.1. The fraction of sp³-hybridized carbons (Fsp3) is 0.600. The van der Waals surface area contributed by atoms with Gasteiger partial charge in [-0.3, -0.25) is 4.21 Å². The summed E-state index contributed by atoms with van der Waals surface area (Å²) in [6.07, 6.45) is 0. The van der Waals surface area contributed by atoms with Crippen molar-refractivity contribution in [3.05, 3.63) is 29.8 Å². The topological polar surface area (TPSA) is 38.3 Å². The van der Waals surface area contributed by atoms with E-state index in [1.54, 1.807) is 7.11 Å². The summed E-state index contributed by atoms with van der Waals surface area (Å²) in [4.78, 5) is 0. The lowest BCUT2D eigenvalue weighted by Gasteiger charge is -2.19. The minimum atomic E-state index is -0.783. The van der Waals surface area contributed by atoms with E-state index in [2.05, 4.69) is 26.1 Å². The van der Waals surface area contributed by atoms with E-state index in [0.29, 0.717) is 11.7 Å². The van der Waals surface area contributed by atoms with Gasteiger partial charge in [0.1, 0.15) is 5.75 Å². The van der Waals surface area contributed by atoms with Gasteiger partial charge in [-0.05, 0) is 30.2 Å². The Morgan fingerprint density at radius 2 is 1.84 bits per heavy atom. The van der Waals surface area contributed by atoms with Gasteiger partial charge in [0, 0.05) is 28.3 Å². The second-order valence-corrected chi connectivity index (χ2v) is 6.60. The highest BCUT2D eigenvalue weighted by Crippen LogP contribution is 2.19. The molecule has 1 aromatic carbocycles. The molecule has 19 heavy (non-hydrogen) atoms. The molecule has 1 N–H and O–H groups in total. The molecule has 0 saturated carbocycles. The lowest BCUT2D eigenvalue weighted by Crippen LogP contribution is -2.27. The zero-order chi connectivity index (χ0) is 14.3. The molecular formula is C15H25NO2S. The maximum Gasteiger partial charge on any atom is 0.118 e. The standard InChI is InChI=1S/C15H25NO2S/c1-5-16-15(11-19(17)10-12(2)3)13-6-8-14(18-4)9-7-13/h6-9,12,15-16H,5,10-11H2,1-4H3. The summed E-state index contributed by atoms with van der Waals surface area (Å²) in [6.45, 7) is 7.15. The van der Waals surface area contributed by atoms with Gasteiger partial charge in [0.15, 0.2) is 0 Å². The Kier molecular flexibility index (Phi) is 7.10. The van der Waals surface area contributed by atoms with E-state index in [-0.39, 0.29) is 6.04 Å². The van der Waals surface area contributed by atoms with Crippen molar-refractivity contribution in [2.24, 2.45) is 5.92 Å². The Hall–Kier alpha value is -0.870. The van der Waals surface area contributed by atoms with Crippen molar-refractivity contribution >= 4 is 10.8 Å². The van der Waals surface area contributed by atoms with Crippen molar-refractivity contribution in [1.82, 2.24) is 5.32 Å². The van der Waals surface area contributed by atoms with E-state index < -0.39 is 10.8 Å². The number of ether oxygens (including phenoxy) is 1. The minimum Gasteiger partial charge on any atom is -0.497 e. The molecule has 0 saturated heterocycles. The Balaban J connectivity index is 2.72. The number of rotatable bonds is 8. The predicted octanol–water partition coefficient (Wildman–Crippen LogP) is 2.75. The molecule has 1 rings (SSSR count). The third-order valence-corrected chi connectivity index (χ3v) is 4.58. The number of hydrogen-bond acceptors (Lipinski definition) is 3. The van der Waals surface area contributed by atoms with Crippen LogP contribution in [0, 0.1) is 5.92 Å². The third-order valence-electron chi connectivity index (χ3n) is 2.84. The average Bonchev–Trinajstić information content (AvgIpc) is 2.37. The van der Waals surface area contributed by atoms with Gasteiger partial charge >= 0.3 is 0 Å². The van der Waals surface area contributed by atoms with Crippen LogP contribution in [0.5, 0.6) is 5.75 Å².